The first-order valence-electron chi connectivity index (χ1n) is 8.21. The van der Waals surface area contributed by atoms with Crippen LogP contribution in [0.4, 0.5) is 8.78 Å². The second kappa shape index (κ2) is 8.88. The van der Waals surface area contributed by atoms with E-state index in [2.05, 4.69) is 0 Å². The molecule has 0 bridgehead atoms. The number of benzene rings is 3. The Bertz CT molecular complexity index is 1070. The SMILES string of the molecule is N#C/C(=C/c1cc(Cl)c(OCc2ccccc2F)c(Cl)c1)c1ccccc1F. The summed E-state index contributed by atoms with van der Waals surface area (Å²) < 4.78 is 33.2. The highest BCUT2D eigenvalue weighted by Gasteiger charge is 2.12. The van der Waals surface area contributed by atoms with Crippen LogP contribution in [0.25, 0.3) is 11.6 Å². The molecule has 0 aliphatic rings. The smallest absolute Gasteiger partial charge is 0.157 e. The van der Waals surface area contributed by atoms with E-state index in [1.54, 1.807) is 42.5 Å². The Hall–Kier alpha value is -2.87. The largest absolute Gasteiger partial charge is 0.486 e. The molecular weight excluding hydrogens is 403 g/mol. The Morgan fingerprint density at radius 3 is 2.18 bits per heavy atom. The Labute approximate surface area is 171 Å². The van der Waals surface area contributed by atoms with E-state index in [9.17, 15) is 14.0 Å². The van der Waals surface area contributed by atoms with Crippen molar-refractivity contribution >= 4 is 34.9 Å². The molecule has 0 unspecified atom stereocenters. The highest BCUT2D eigenvalue weighted by atomic mass is 35.5. The summed E-state index contributed by atoms with van der Waals surface area (Å²) in [7, 11) is 0. The molecule has 0 spiro atoms. The van der Waals surface area contributed by atoms with Crippen molar-refractivity contribution in [3.63, 3.8) is 0 Å². The first kappa shape index (κ1) is 19.9. The normalized spacial score (nSPS) is 11.2. The summed E-state index contributed by atoms with van der Waals surface area (Å²) in [6.45, 7) is -0.0417. The lowest BCUT2D eigenvalue weighted by molar-refractivity contribution is 0.300. The topological polar surface area (TPSA) is 33.0 Å². The second-order valence-electron chi connectivity index (χ2n) is 5.84. The molecule has 0 heterocycles. The van der Waals surface area contributed by atoms with E-state index in [-0.39, 0.29) is 33.5 Å². The molecule has 3 rings (SSSR count). The van der Waals surface area contributed by atoms with Crippen LogP contribution < -0.4 is 4.74 Å². The summed E-state index contributed by atoms with van der Waals surface area (Å²) in [5.74, 6) is -0.691. The van der Waals surface area contributed by atoms with Crippen molar-refractivity contribution in [1.29, 1.82) is 5.26 Å². The highest BCUT2D eigenvalue weighted by molar-refractivity contribution is 6.37. The average molecular weight is 416 g/mol. The number of hydrogen-bond donors (Lipinski definition) is 0. The molecule has 28 heavy (non-hydrogen) atoms. The number of nitriles is 1. The molecule has 0 atom stereocenters. The number of halogens is 4. The Morgan fingerprint density at radius 1 is 0.964 bits per heavy atom. The van der Waals surface area contributed by atoms with Crippen molar-refractivity contribution in [2.75, 3.05) is 0 Å². The third-order valence-electron chi connectivity index (χ3n) is 3.95. The van der Waals surface area contributed by atoms with Crippen molar-refractivity contribution in [3.8, 4) is 11.8 Å². The van der Waals surface area contributed by atoms with Gasteiger partial charge in [-0.25, -0.2) is 8.78 Å². The van der Waals surface area contributed by atoms with Gasteiger partial charge in [-0.15, -0.1) is 0 Å². The van der Waals surface area contributed by atoms with Crippen LogP contribution in [0.5, 0.6) is 5.75 Å². The summed E-state index contributed by atoms with van der Waals surface area (Å²) >= 11 is 12.5. The number of nitrogens with zero attached hydrogens (tertiary/aromatic N) is 1. The summed E-state index contributed by atoms with van der Waals surface area (Å²) in [5.41, 5.74) is 1.18. The Kier molecular flexibility index (Phi) is 6.30. The molecule has 0 radical (unpaired) electrons. The standard InChI is InChI=1S/C22H13Cl2F2NO/c23-18-10-14(9-16(12-27)17-6-2-4-8-21(17)26)11-19(24)22(18)28-13-15-5-1-3-7-20(15)25/h1-11H,13H2/b16-9-. The van der Waals surface area contributed by atoms with Gasteiger partial charge in [0, 0.05) is 11.1 Å². The third-order valence-corrected chi connectivity index (χ3v) is 4.51. The van der Waals surface area contributed by atoms with Crippen LogP contribution in [-0.2, 0) is 6.61 Å². The minimum atomic E-state index is -0.502. The van der Waals surface area contributed by atoms with E-state index in [1.807, 2.05) is 6.07 Å². The van der Waals surface area contributed by atoms with Crippen LogP contribution in [-0.4, -0.2) is 0 Å². The molecule has 0 fully saturated rings. The van der Waals surface area contributed by atoms with Gasteiger partial charge in [0.1, 0.15) is 18.2 Å². The van der Waals surface area contributed by atoms with Gasteiger partial charge in [-0.1, -0.05) is 59.6 Å². The van der Waals surface area contributed by atoms with Gasteiger partial charge < -0.3 is 4.74 Å². The molecule has 0 saturated carbocycles. The molecule has 0 aromatic heterocycles. The van der Waals surface area contributed by atoms with Gasteiger partial charge in [0.15, 0.2) is 5.75 Å². The second-order valence-corrected chi connectivity index (χ2v) is 6.66. The number of rotatable bonds is 5. The third kappa shape index (κ3) is 4.51. The van der Waals surface area contributed by atoms with Crippen molar-refractivity contribution in [2.24, 2.45) is 0 Å². The Balaban J connectivity index is 1.88. The first-order chi connectivity index (χ1) is 13.5. The Morgan fingerprint density at radius 2 is 1.57 bits per heavy atom. The number of allylic oxidation sites excluding steroid dienone is 1. The molecule has 0 aliphatic heterocycles. The zero-order valence-electron chi connectivity index (χ0n) is 14.4. The fraction of sp³-hybridized carbons (Fsp3) is 0.0455. The zero-order valence-corrected chi connectivity index (χ0v) is 15.9. The molecule has 3 aromatic rings. The van der Waals surface area contributed by atoms with E-state index < -0.39 is 11.6 Å². The van der Waals surface area contributed by atoms with Gasteiger partial charge in [0.05, 0.1) is 21.7 Å². The van der Waals surface area contributed by atoms with E-state index in [1.165, 1.54) is 24.3 Å². The lowest BCUT2D eigenvalue weighted by atomic mass is 10.0. The molecule has 0 aliphatic carbocycles. The van der Waals surface area contributed by atoms with E-state index in [0.717, 1.165) is 0 Å². The summed E-state index contributed by atoms with van der Waals surface area (Å²) in [4.78, 5) is 0. The zero-order chi connectivity index (χ0) is 20.1. The molecule has 6 heteroatoms. The summed E-state index contributed by atoms with van der Waals surface area (Å²) in [6.07, 6.45) is 1.48. The average Bonchev–Trinajstić information content (AvgIpc) is 2.67. The minimum Gasteiger partial charge on any atom is -0.486 e. The first-order valence-corrected chi connectivity index (χ1v) is 8.97. The van der Waals surface area contributed by atoms with Crippen molar-refractivity contribution in [3.05, 3.63) is 99.0 Å². The van der Waals surface area contributed by atoms with Crippen LogP contribution in [0.2, 0.25) is 10.0 Å². The lowest BCUT2D eigenvalue weighted by Crippen LogP contribution is -1.99. The van der Waals surface area contributed by atoms with Gasteiger partial charge >= 0.3 is 0 Å². The monoisotopic (exact) mass is 415 g/mol. The molecule has 3 aromatic carbocycles. The molecule has 140 valence electrons. The van der Waals surface area contributed by atoms with E-state index in [4.69, 9.17) is 27.9 Å². The fourth-order valence-electron chi connectivity index (χ4n) is 2.58. The quantitative estimate of drug-likeness (QED) is 0.334. The van der Waals surface area contributed by atoms with Crippen LogP contribution in [0.15, 0.2) is 60.7 Å². The fourth-order valence-corrected chi connectivity index (χ4v) is 3.20. The molecular formula is C22H13Cl2F2NO. The van der Waals surface area contributed by atoms with Crippen LogP contribution >= 0.6 is 23.2 Å². The summed E-state index contributed by atoms with van der Waals surface area (Å²) in [5, 5.41) is 9.77. The maximum atomic E-state index is 14.0. The molecule has 2 nitrogen and oxygen atoms in total. The van der Waals surface area contributed by atoms with Gasteiger partial charge in [-0.3, -0.25) is 0 Å². The van der Waals surface area contributed by atoms with E-state index in [0.29, 0.717) is 11.1 Å². The van der Waals surface area contributed by atoms with Crippen molar-refractivity contribution in [2.45, 2.75) is 6.61 Å². The number of ether oxygens (including phenoxy) is 1. The van der Waals surface area contributed by atoms with Gasteiger partial charge in [0.2, 0.25) is 0 Å². The predicted octanol–water partition coefficient (Wildman–Crippen LogP) is 6.91. The van der Waals surface area contributed by atoms with Crippen molar-refractivity contribution in [1.82, 2.24) is 0 Å². The molecule has 0 saturated heterocycles. The van der Waals surface area contributed by atoms with Crippen LogP contribution in [0, 0.1) is 23.0 Å². The summed E-state index contributed by atoms with van der Waals surface area (Å²) in [6, 6.07) is 17.3. The highest BCUT2D eigenvalue weighted by Crippen LogP contribution is 2.36. The molecule has 0 N–H and O–H groups in total. The van der Waals surface area contributed by atoms with Gasteiger partial charge in [-0.05, 0) is 35.9 Å². The van der Waals surface area contributed by atoms with Gasteiger partial charge in [-0.2, -0.15) is 5.26 Å². The minimum absolute atomic E-state index is 0.0417. The number of hydrogen-bond acceptors (Lipinski definition) is 2. The van der Waals surface area contributed by atoms with Crippen LogP contribution in [0.1, 0.15) is 16.7 Å². The maximum Gasteiger partial charge on any atom is 0.157 e. The maximum absolute atomic E-state index is 14.0. The lowest BCUT2D eigenvalue weighted by Gasteiger charge is -2.12. The molecule has 0 amide bonds. The van der Waals surface area contributed by atoms with Gasteiger partial charge in [0.25, 0.3) is 0 Å². The van der Waals surface area contributed by atoms with E-state index >= 15 is 0 Å². The van der Waals surface area contributed by atoms with Crippen LogP contribution in [0.3, 0.4) is 0 Å². The predicted molar refractivity (Wildman–Crippen MR) is 107 cm³/mol. The van der Waals surface area contributed by atoms with Crippen molar-refractivity contribution < 1.29 is 13.5 Å².